The maximum atomic E-state index is 14.5. The van der Waals surface area contributed by atoms with Crippen LogP contribution >= 0.6 is 23.2 Å². The van der Waals surface area contributed by atoms with Crippen molar-refractivity contribution in [1.82, 2.24) is 10.2 Å². The van der Waals surface area contributed by atoms with Crippen LogP contribution in [0.4, 0.5) is 4.39 Å². The number of benzene rings is 3. The standard InChI is InChI=1S/C28H29Cl2FN2O2/c1-2-3-16-32-28(35)26(17-20-10-5-4-6-11-20)33(19-21-12-7-8-13-23(21)29)27(34)18-22-24(30)14-9-15-25(22)31/h4-15,26H,2-3,16-19H2,1H3,(H,32,35)/t26-/m0/s1. The molecule has 7 heteroatoms. The predicted octanol–water partition coefficient (Wildman–Crippen LogP) is 6.23. The van der Waals surface area contributed by atoms with Gasteiger partial charge in [-0.3, -0.25) is 9.59 Å². The smallest absolute Gasteiger partial charge is 0.243 e. The minimum absolute atomic E-state index is 0.100. The Labute approximate surface area is 216 Å². The zero-order valence-corrected chi connectivity index (χ0v) is 21.2. The molecule has 0 aromatic heterocycles. The first-order chi connectivity index (χ1) is 16.9. The highest BCUT2D eigenvalue weighted by Crippen LogP contribution is 2.24. The molecule has 3 rings (SSSR count). The van der Waals surface area contributed by atoms with E-state index in [0.29, 0.717) is 23.6 Å². The molecule has 3 aromatic rings. The summed E-state index contributed by atoms with van der Waals surface area (Å²) in [6, 6.07) is 20.2. The van der Waals surface area contributed by atoms with E-state index in [0.717, 1.165) is 18.4 Å². The summed E-state index contributed by atoms with van der Waals surface area (Å²) in [4.78, 5) is 28.6. The average molecular weight is 515 g/mol. The first-order valence-electron chi connectivity index (χ1n) is 11.7. The van der Waals surface area contributed by atoms with Crippen molar-refractivity contribution in [2.45, 2.75) is 45.2 Å². The summed E-state index contributed by atoms with van der Waals surface area (Å²) < 4.78 is 14.5. The van der Waals surface area contributed by atoms with Crippen LogP contribution in [0.3, 0.4) is 0 Å². The van der Waals surface area contributed by atoms with Crippen molar-refractivity contribution in [2.24, 2.45) is 0 Å². The molecule has 0 aliphatic carbocycles. The fraction of sp³-hybridized carbons (Fsp3) is 0.286. The molecule has 0 heterocycles. The molecule has 3 aromatic carbocycles. The van der Waals surface area contributed by atoms with Gasteiger partial charge in [-0.2, -0.15) is 0 Å². The van der Waals surface area contributed by atoms with Crippen LogP contribution in [0.1, 0.15) is 36.5 Å². The maximum Gasteiger partial charge on any atom is 0.243 e. The second-order valence-electron chi connectivity index (χ2n) is 8.34. The number of hydrogen-bond acceptors (Lipinski definition) is 2. The lowest BCUT2D eigenvalue weighted by Gasteiger charge is -2.32. The Morgan fingerprint density at radius 2 is 1.63 bits per heavy atom. The zero-order valence-electron chi connectivity index (χ0n) is 19.6. The van der Waals surface area contributed by atoms with E-state index in [-0.39, 0.29) is 29.5 Å². The van der Waals surface area contributed by atoms with Gasteiger partial charge < -0.3 is 10.2 Å². The molecule has 35 heavy (non-hydrogen) atoms. The third kappa shape index (κ3) is 7.55. The van der Waals surface area contributed by atoms with E-state index in [2.05, 4.69) is 5.32 Å². The molecular weight excluding hydrogens is 486 g/mol. The van der Waals surface area contributed by atoms with Gasteiger partial charge >= 0.3 is 0 Å². The molecule has 4 nitrogen and oxygen atoms in total. The van der Waals surface area contributed by atoms with Crippen molar-refractivity contribution in [3.63, 3.8) is 0 Å². The Kier molecular flexibility index (Phi) is 10.1. The third-order valence-electron chi connectivity index (χ3n) is 5.79. The molecule has 0 radical (unpaired) electrons. The Morgan fingerprint density at radius 3 is 2.31 bits per heavy atom. The van der Waals surface area contributed by atoms with Gasteiger partial charge in [0.2, 0.25) is 11.8 Å². The van der Waals surface area contributed by atoms with Gasteiger partial charge in [-0.15, -0.1) is 0 Å². The Hall–Kier alpha value is -2.89. The molecule has 0 saturated heterocycles. The number of unbranched alkanes of at least 4 members (excludes halogenated alkanes) is 1. The highest BCUT2D eigenvalue weighted by Gasteiger charge is 2.31. The van der Waals surface area contributed by atoms with Crippen LogP contribution in [0.25, 0.3) is 0 Å². The van der Waals surface area contributed by atoms with E-state index >= 15 is 0 Å². The number of nitrogens with zero attached hydrogens (tertiary/aromatic N) is 1. The van der Waals surface area contributed by atoms with Crippen LogP contribution in [-0.4, -0.2) is 29.3 Å². The van der Waals surface area contributed by atoms with Gasteiger partial charge in [0.05, 0.1) is 6.42 Å². The SMILES string of the molecule is CCCCNC(=O)[C@H](Cc1ccccc1)N(Cc1ccccc1Cl)C(=O)Cc1c(F)cccc1Cl. The minimum atomic E-state index is -0.816. The molecule has 0 aliphatic heterocycles. The van der Waals surface area contributed by atoms with Crippen molar-refractivity contribution in [1.29, 1.82) is 0 Å². The van der Waals surface area contributed by atoms with E-state index < -0.39 is 17.8 Å². The number of halogens is 3. The van der Waals surface area contributed by atoms with Crippen LogP contribution in [0.2, 0.25) is 10.0 Å². The summed E-state index contributed by atoms with van der Waals surface area (Å²) >= 11 is 12.6. The number of rotatable bonds is 11. The number of amides is 2. The van der Waals surface area contributed by atoms with Crippen LogP contribution in [0.15, 0.2) is 72.8 Å². The molecule has 0 fully saturated rings. The van der Waals surface area contributed by atoms with Crippen molar-refractivity contribution in [3.05, 3.63) is 105 Å². The Balaban J connectivity index is 1.99. The summed E-state index contributed by atoms with van der Waals surface area (Å²) in [5.41, 5.74) is 1.71. The molecule has 184 valence electrons. The minimum Gasteiger partial charge on any atom is -0.354 e. The van der Waals surface area contributed by atoms with Crippen molar-refractivity contribution >= 4 is 35.0 Å². The lowest BCUT2D eigenvalue weighted by atomic mass is 10.0. The fourth-order valence-electron chi connectivity index (χ4n) is 3.82. The monoisotopic (exact) mass is 514 g/mol. The first kappa shape index (κ1) is 26.7. The van der Waals surface area contributed by atoms with Gasteiger partial charge in [-0.1, -0.05) is 91.1 Å². The lowest BCUT2D eigenvalue weighted by molar-refractivity contribution is -0.140. The molecule has 0 saturated carbocycles. The fourth-order valence-corrected chi connectivity index (χ4v) is 4.25. The normalized spacial score (nSPS) is 11.7. The molecule has 1 N–H and O–H groups in total. The zero-order chi connectivity index (χ0) is 25.2. The topological polar surface area (TPSA) is 49.4 Å². The quantitative estimate of drug-likeness (QED) is 0.308. The second-order valence-corrected chi connectivity index (χ2v) is 9.15. The Bertz CT molecular complexity index is 1120. The molecular formula is C28H29Cl2FN2O2. The number of hydrogen-bond donors (Lipinski definition) is 1. The highest BCUT2D eigenvalue weighted by molar-refractivity contribution is 6.31. The molecule has 0 bridgehead atoms. The van der Waals surface area contributed by atoms with Gasteiger partial charge in [0.25, 0.3) is 0 Å². The molecule has 2 amide bonds. The van der Waals surface area contributed by atoms with E-state index in [4.69, 9.17) is 23.2 Å². The maximum absolute atomic E-state index is 14.5. The van der Waals surface area contributed by atoms with E-state index in [1.54, 1.807) is 18.2 Å². The van der Waals surface area contributed by atoms with Crippen LogP contribution < -0.4 is 5.32 Å². The first-order valence-corrected chi connectivity index (χ1v) is 12.4. The van der Waals surface area contributed by atoms with Crippen LogP contribution in [-0.2, 0) is 29.0 Å². The third-order valence-corrected chi connectivity index (χ3v) is 6.51. The van der Waals surface area contributed by atoms with Crippen LogP contribution in [0.5, 0.6) is 0 Å². The summed E-state index contributed by atoms with van der Waals surface area (Å²) in [6.07, 6.45) is 1.79. The largest absolute Gasteiger partial charge is 0.354 e. The molecule has 0 aliphatic rings. The molecule has 1 atom stereocenters. The van der Waals surface area contributed by atoms with Crippen molar-refractivity contribution in [2.75, 3.05) is 6.54 Å². The van der Waals surface area contributed by atoms with Gasteiger partial charge in [-0.25, -0.2) is 4.39 Å². The Morgan fingerprint density at radius 1 is 0.943 bits per heavy atom. The van der Waals surface area contributed by atoms with Crippen LogP contribution in [0, 0.1) is 5.82 Å². The van der Waals surface area contributed by atoms with E-state index in [1.165, 1.54) is 17.0 Å². The summed E-state index contributed by atoms with van der Waals surface area (Å²) in [5.74, 6) is -1.23. The lowest BCUT2D eigenvalue weighted by Crippen LogP contribution is -2.51. The van der Waals surface area contributed by atoms with Crippen molar-refractivity contribution < 1.29 is 14.0 Å². The molecule has 0 spiro atoms. The highest BCUT2D eigenvalue weighted by atomic mass is 35.5. The number of carbonyl (C=O) groups is 2. The number of carbonyl (C=O) groups excluding carboxylic acids is 2. The molecule has 0 unspecified atom stereocenters. The van der Waals surface area contributed by atoms with E-state index in [9.17, 15) is 14.0 Å². The van der Waals surface area contributed by atoms with Gasteiger partial charge in [-0.05, 0) is 35.7 Å². The van der Waals surface area contributed by atoms with Gasteiger partial charge in [0.1, 0.15) is 11.9 Å². The summed E-state index contributed by atoms with van der Waals surface area (Å²) in [7, 11) is 0. The summed E-state index contributed by atoms with van der Waals surface area (Å²) in [6.45, 7) is 2.65. The van der Waals surface area contributed by atoms with E-state index in [1.807, 2.05) is 49.4 Å². The second kappa shape index (κ2) is 13.3. The summed E-state index contributed by atoms with van der Waals surface area (Å²) in [5, 5.41) is 3.62. The van der Waals surface area contributed by atoms with Gasteiger partial charge in [0, 0.05) is 35.1 Å². The average Bonchev–Trinajstić information content (AvgIpc) is 2.85. The van der Waals surface area contributed by atoms with Gasteiger partial charge in [0.15, 0.2) is 0 Å². The predicted molar refractivity (Wildman–Crippen MR) is 139 cm³/mol. The van der Waals surface area contributed by atoms with Crippen molar-refractivity contribution in [3.8, 4) is 0 Å². The number of nitrogens with one attached hydrogen (secondary N) is 1.